The van der Waals surface area contributed by atoms with Gasteiger partial charge in [0.05, 0.1) is 31.0 Å². The molecule has 54 heavy (non-hydrogen) atoms. The summed E-state index contributed by atoms with van der Waals surface area (Å²) in [5.41, 5.74) is 15.8. The number of hydrogen-bond donors (Lipinski definition) is 4. The zero-order chi connectivity index (χ0) is 39.6. The van der Waals surface area contributed by atoms with Gasteiger partial charge in [0.15, 0.2) is 6.35 Å². The van der Waals surface area contributed by atoms with Crippen LogP contribution in [0, 0.1) is 11.7 Å². The van der Waals surface area contributed by atoms with E-state index in [4.69, 9.17) is 21.1 Å². The summed E-state index contributed by atoms with van der Waals surface area (Å²) in [5.74, 6) is 0.333. The maximum Gasteiger partial charge on any atom is 0.190 e. The summed E-state index contributed by atoms with van der Waals surface area (Å²) in [7, 11) is 1.61. The van der Waals surface area contributed by atoms with E-state index in [1.807, 2.05) is 36.2 Å². The van der Waals surface area contributed by atoms with Crippen LogP contribution in [0.25, 0.3) is 0 Å². The number of hydrogen-bond acceptors (Lipinski definition) is 8. The van der Waals surface area contributed by atoms with Crippen molar-refractivity contribution in [3.63, 3.8) is 0 Å². The average Bonchev–Trinajstić information content (AvgIpc) is 3.13. The molecule has 1 fully saturated rings. The fourth-order valence-electron chi connectivity index (χ4n) is 6.28. The smallest absolute Gasteiger partial charge is 0.190 e. The van der Waals surface area contributed by atoms with E-state index in [1.54, 1.807) is 31.9 Å². The van der Waals surface area contributed by atoms with Gasteiger partial charge in [0.1, 0.15) is 17.4 Å². The normalized spacial score (nSPS) is 18.2. The summed E-state index contributed by atoms with van der Waals surface area (Å²) in [6.07, 6.45) is 9.01. The van der Waals surface area contributed by atoms with Crippen LogP contribution in [-0.2, 0) is 22.3 Å². The molecule has 0 bridgehead atoms. The first-order chi connectivity index (χ1) is 25.6. The Hall–Kier alpha value is -3.48. The van der Waals surface area contributed by atoms with Gasteiger partial charge in [-0.3, -0.25) is 0 Å². The van der Waals surface area contributed by atoms with Gasteiger partial charge in [-0.05, 0) is 97.4 Å². The average molecular weight is 781 g/mol. The second-order valence-electron chi connectivity index (χ2n) is 14.2. The second-order valence-corrected chi connectivity index (χ2v) is 15.6. The Bertz CT molecular complexity index is 1850. The fourth-order valence-corrected chi connectivity index (χ4v) is 7.73. The van der Waals surface area contributed by atoms with Crippen molar-refractivity contribution in [3.05, 3.63) is 140 Å². The van der Waals surface area contributed by atoms with Crippen LogP contribution in [0.2, 0.25) is 5.02 Å². The molecule has 2 atom stereocenters. The van der Waals surface area contributed by atoms with E-state index in [0.717, 1.165) is 27.2 Å². The van der Waals surface area contributed by atoms with E-state index < -0.39 is 17.6 Å². The summed E-state index contributed by atoms with van der Waals surface area (Å²) >= 11 is 7.97. The van der Waals surface area contributed by atoms with Crippen molar-refractivity contribution >= 4 is 29.1 Å². The molecule has 0 saturated carbocycles. The highest BCUT2D eigenvalue weighted by Crippen LogP contribution is 2.43. The van der Waals surface area contributed by atoms with E-state index in [0.29, 0.717) is 78.1 Å². The van der Waals surface area contributed by atoms with Crippen LogP contribution in [-0.4, -0.2) is 49.9 Å². The number of thioether (sulfide) groups is 1. The number of hydrazine groups is 2. The topological polar surface area (TPSA) is 78.0 Å². The Morgan fingerprint density at radius 2 is 1.93 bits per heavy atom. The number of aliphatic hydroxyl groups excluding tert-OH is 1. The molecular formula is C43H55ClF2N4O3S. The Morgan fingerprint density at radius 3 is 2.59 bits per heavy atom. The minimum atomic E-state index is -1.08. The molecule has 1 aliphatic heterocycles. The van der Waals surface area contributed by atoms with E-state index >= 15 is 4.39 Å². The summed E-state index contributed by atoms with van der Waals surface area (Å²) in [6.45, 7) is 23.0. The number of nitrogens with one attached hydrogen (secondary N) is 3. The van der Waals surface area contributed by atoms with Crippen molar-refractivity contribution in [3.8, 4) is 5.75 Å². The lowest BCUT2D eigenvalue weighted by Gasteiger charge is -2.33. The van der Waals surface area contributed by atoms with Gasteiger partial charge in [-0.15, -0.1) is 11.8 Å². The van der Waals surface area contributed by atoms with Gasteiger partial charge in [-0.25, -0.2) is 19.2 Å². The summed E-state index contributed by atoms with van der Waals surface area (Å²) in [6, 6.07) is 9.20. The quantitative estimate of drug-likeness (QED) is 0.0581. The molecule has 0 aromatic heterocycles. The third-order valence-electron chi connectivity index (χ3n) is 9.84. The molecule has 2 aromatic carbocycles. The molecule has 2 aliphatic rings. The van der Waals surface area contributed by atoms with Crippen molar-refractivity contribution in [2.24, 2.45) is 5.92 Å². The lowest BCUT2D eigenvalue weighted by Crippen LogP contribution is -2.56. The zero-order valence-corrected chi connectivity index (χ0v) is 34.1. The Balaban J connectivity index is 1.64. The lowest BCUT2D eigenvalue weighted by molar-refractivity contribution is -0.0403. The molecule has 4 rings (SSSR count). The van der Waals surface area contributed by atoms with Crippen LogP contribution < -0.4 is 21.0 Å². The van der Waals surface area contributed by atoms with Crippen molar-refractivity contribution < 1.29 is 23.4 Å². The van der Waals surface area contributed by atoms with E-state index in [9.17, 15) is 9.50 Å². The highest BCUT2D eigenvalue weighted by molar-refractivity contribution is 8.02. The largest absolute Gasteiger partial charge is 0.495 e. The van der Waals surface area contributed by atoms with Gasteiger partial charge < -0.3 is 20.0 Å². The third-order valence-corrected chi connectivity index (χ3v) is 11.3. The molecule has 7 nitrogen and oxygen atoms in total. The number of morpholine rings is 1. The van der Waals surface area contributed by atoms with Crippen LogP contribution in [0.5, 0.6) is 5.75 Å². The van der Waals surface area contributed by atoms with Crippen molar-refractivity contribution in [1.29, 1.82) is 0 Å². The van der Waals surface area contributed by atoms with Gasteiger partial charge in [0.2, 0.25) is 0 Å². The molecule has 1 saturated heterocycles. The minimum Gasteiger partial charge on any atom is -0.495 e. The van der Waals surface area contributed by atoms with Crippen LogP contribution in [0.15, 0.2) is 112 Å². The van der Waals surface area contributed by atoms with E-state index in [1.165, 1.54) is 23.8 Å². The summed E-state index contributed by atoms with van der Waals surface area (Å²) in [5, 5.41) is 12.8. The first-order valence-electron chi connectivity index (χ1n) is 18.2. The number of methoxy groups -OCH3 is 1. The van der Waals surface area contributed by atoms with E-state index in [2.05, 4.69) is 69.3 Å². The minimum absolute atomic E-state index is 0.0687. The molecule has 2 unspecified atom stereocenters. The molecule has 4 N–H and O–H groups in total. The maximum absolute atomic E-state index is 15.9. The van der Waals surface area contributed by atoms with Gasteiger partial charge >= 0.3 is 0 Å². The third kappa shape index (κ3) is 11.8. The standard InChI is InChI=1S/C43H55ClF2N4O3S/c1-10-31-22-36(47-48-42(51)49-50-15-17-53-18-16-50)25-39(46)37(31)26-54-41-23-32(28(4)11-13-35(45)19-27(2)3)21-34(20-29(5)30(41)6)43(7,8)33-12-14-38(44)40(24-33)52-9/h11-14,19-20,22-25,29,42,47-49,51H,2,4,10,15-18,21,26H2,1,3,5-9H3. The Morgan fingerprint density at radius 1 is 1.20 bits per heavy atom. The predicted octanol–water partition coefficient (Wildman–Crippen LogP) is 10.00. The number of benzene rings is 2. The number of halogens is 3. The SMILES string of the molecule is C=C(C)C=C(F)C=CC(=C)C1=CC(SCc2c(F)cc(NNC(O)NN3CCOCC3)cc2CC)=C(C)C(C)C=C(C(C)(C)c2ccc(Cl)c(OC)c2)C1. The molecule has 0 spiro atoms. The van der Waals surface area contributed by atoms with Crippen LogP contribution in [0.4, 0.5) is 14.5 Å². The summed E-state index contributed by atoms with van der Waals surface area (Å²) < 4.78 is 41.4. The van der Waals surface area contributed by atoms with Crippen molar-refractivity contribution in [1.82, 2.24) is 15.9 Å². The van der Waals surface area contributed by atoms with E-state index in [-0.39, 0.29) is 11.7 Å². The molecule has 1 heterocycles. The van der Waals surface area contributed by atoms with Gasteiger partial charge in [-0.2, -0.15) is 5.43 Å². The highest BCUT2D eigenvalue weighted by Gasteiger charge is 2.30. The van der Waals surface area contributed by atoms with Crippen molar-refractivity contribution in [2.75, 3.05) is 38.8 Å². The summed E-state index contributed by atoms with van der Waals surface area (Å²) in [4.78, 5) is 1.01. The van der Waals surface area contributed by atoms with Crippen LogP contribution >= 0.6 is 23.4 Å². The molecule has 0 amide bonds. The van der Waals surface area contributed by atoms with Gasteiger partial charge in [0.25, 0.3) is 0 Å². The number of anilines is 1. The number of aliphatic hydroxyl groups is 1. The molecule has 11 heteroatoms. The first kappa shape index (κ1) is 43.3. The predicted molar refractivity (Wildman–Crippen MR) is 221 cm³/mol. The lowest BCUT2D eigenvalue weighted by atomic mass is 9.72. The Kier molecular flexibility index (Phi) is 15.9. The molecule has 292 valence electrons. The van der Waals surface area contributed by atoms with Crippen LogP contribution in [0.1, 0.15) is 64.7 Å². The monoisotopic (exact) mass is 780 g/mol. The molecule has 0 radical (unpaired) electrons. The highest BCUT2D eigenvalue weighted by atomic mass is 35.5. The number of nitrogens with zero attached hydrogens (tertiary/aromatic N) is 1. The van der Waals surface area contributed by atoms with Crippen molar-refractivity contribution in [2.45, 2.75) is 71.9 Å². The number of aryl methyl sites for hydroxylation is 1. The fraction of sp³-hybridized carbons (Fsp3) is 0.395. The van der Waals surface area contributed by atoms with Crippen LogP contribution in [0.3, 0.4) is 0 Å². The molecule has 2 aromatic rings. The maximum atomic E-state index is 15.9. The number of allylic oxidation sites excluding steroid dienone is 11. The zero-order valence-electron chi connectivity index (χ0n) is 32.5. The van der Waals surface area contributed by atoms with Gasteiger partial charge in [-0.1, -0.05) is 87.4 Å². The molecule has 1 aliphatic carbocycles. The van der Waals surface area contributed by atoms with Gasteiger partial charge in [0, 0.05) is 34.7 Å². The Labute approximate surface area is 329 Å². The number of ether oxygens (including phenoxy) is 2. The molecular weight excluding hydrogens is 726 g/mol. The first-order valence-corrected chi connectivity index (χ1v) is 19.6. The second kappa shape index (κ2) is 19.9. The number of rotatable bonds is 16.